The Morgan fingerprint density at radius 1 is 1.42 bits per heavy atom. The first-order valence-corrected chi connectivity index (χ1v) is 7.26. The lowest BCUT2D eigenvalue weighted by Crippen LogP contribution is -2.13. The molecule has 0 aliphatic heterocycles. The summed E-state index contributed by atoms with van der Waals surface area (Å²) in [5.41, 5.74) is -0.591. The number of hydrogen-bond acceptors (Lipinski definition) is 3. The van der Waals surface area contributed by atoms with E-state index in [0.29, 0.717) is 9.35 Å². The molecule has 2 aromatic heterocycles. The zero-order chi connectivity index (χ0) is 14.2. The molecule has 0 aromatic carbocycles. The van der Waals surface area contributed by atoms with Crippen LogP contribution in [0.2, 0.25) is 0 Å². The van der Waals surface area contributed by atoms with Crippen LogP contribution in [0.4, 0.5) is 13.2 Å². The third-order valence-electron chi connectivity index (χ3n) is 2.19. The molecule has 2 rings (SSSR count). The molecule has 0 saturated heterocycles. The number of Topliss-reactive ketones (excluding diaryl/α,β-unsaturated/α-hetero) is 1. The number of hydrogen-bond donors (Lipinski definition) is 0. The van der Waals surface area contributed by atoms with Gasteiger partial charge in [0.15, 0.2) is 11.5 Å². The third-order valence-corrected chi connectivity index (χ3v) is 4.53. The summed E-state index contributed by atoms with van der Waals surface area (Å²) in [5.74, 6) is -0.314. The van der Waals surface area contributed by atoms with Crippen molar-refractivity contribution in [2.75, 3.05) is 0 Å². The van der Waals surface area contributed by atoms with Crippen molar-refractivity contribution in [3.8, 4) is 0 Å². The van der Waals surface area contributed by atoms with Crippen LogP contribution in [0.1, 0.15) is 16.1 Å². The van der Waals surface area contributed by atoms with Crippen molar-refractivity contribution in [1.82, 2.24) is 9.78 Å². The van der Waals surface area contributed by atoms with Gasteiger partial charge in [0.25, 0.3) is 0 Å². The van der Waals surface area contributed by atoms with E-state index >= 15 is 0 Å². The molecule has 3 nitrogen and oxygen atoms in total. The number of thiophene rings is 1. The average Bonchev–Trinajstić information content (AvgIpc) is 2.84. The smallest absolute Gasteiger partial charge is 0.292 e. The molecule has 2 aromatic rings. The lowest BCUT2D eigenvalue weighted by atomic mass is 10.2. The van der Waals surface area contributed by atoms with Crippen molar-refractivity contribution < 1.29 is 18.0 Å². The van der Waals surface area contributed by atoms with Gasteiger partial charge in [0.2, 0.25) is 0 Å². The lowest BCUT2D eigenvalue weighted by Gasteiger charge is -2.02. The summed E-state index contributed by atoms with van der Waals surface area (Å²) in [6.07, 6.45) is -3.36. The number of alkyl halides is 3. The minimum Gasteiger partial charge on any atom is -0.292 e. The molecule has 0 unspecified atom stereocenters. The largest absolute Gasteiger partial charge is 0.435 e. The second-order valence-electron chi connectivity index (χ2n) is 3.56. The van der Waals surface area contributed by atoms with Crippen molar-refractivity contribution >= 4 is 49.0 Å². The number of carbonyl (C=O) groups is 1. The third kappa shape index (κ3) is 3.46. The van der Waals surface area contributed by atoms with Crippen LogP contribution in [0, 0.1) is 0 Å². The van der Waals surface area contributed by atoms with Crippen molar-refractivity contribution in [3.05, 3.63) is 37.2 Å². The first-order chi connectivity index (χ1) is 8.77. The minimum absolute atomic E-state index is 0.238. The zero-order valence-electron chi connectivity index (χ0n) is 9.04. The molecule has 0 fully saturated rings. The van der Waals surface area contributed by atoms with Crippen LogP contribution in [0.3, 0.4) is 0 Å². The van der Waals surface area contributed by atoms with Gasteiger partial charge in [0.1, 0.15) is 6.54 Å². The average molecular weight is 418 g/mol. The highest BCUT2D eigenvalue weighted by Gasteiger charge is 2.33. The first kappa shape index (κ1) is 14.7. The van der Waals surface area contributed by atoms with Crippen LogP contribution in [0.25, 0.3) is 0 Å². The number of aromatic nitrogens is 2. The second kappa shape index (κ2) is 5.37. The summed E-state index contributed by atoms with van der Waals surface area (Å²) < 4.78 is 39.4. The molecular formula is C10H5Br2F3N2OS. The predicted molar refractivity (Wildman–Crippen MR) is 71.3 cm³/mol. The topological polar surface area (TPSA) is 34.9 Å². The molecule has 0 bridgehead atoms. The quantitative estimate of drug-likeness (QED) is 0.695. The van der Waals surface area contributed by atoms with E-state index < -0.39 is 11.9 Å². The maximum Gasteiger partial charge on any atom is 0.435 e. The predicted octanol–water partition coefficient (Wildman–Crippen LogP) is 4.37. The Bertz CT molecular complexity index is 621. The molecular weight excluding hydrogens is 413 g/mol. The minimum atomic E-state index is -4.50. The van der Waals surface area contributed by atoms with Crippen LogP contribution in [0.15, 0.2) is 25.9 Å². The van der Waals surface area contributed by atoms with Crippen molar-refractivity contribution in [3.63, 3.8) is 0 Å². The van der Waals surface area contributed by atoms with Crippen LogP contribution >= 0.6 is 43.2 Å². The van der Waals surface area contributed by atoms with E-state index in [2.05, 4.69) is 37.0 Å². The van der Waals surface area contributed by atoms with Crippen molar-refractivity contribution in [1.29, 1.82) is 0 Å². The van der Waals surface area contributed by atoms with Crippen molar-refractivity contribution in [2.24, 2.45) is 0 Å². The Kier molecular flexibility index (Phi) is 4.17. The fourth-order valence-electron chi connectivity index (χ4n) is 1.36. The summed E-state index contributed by atoms with van der Waals surface area (Å²) in [6, 6.07) is 2.46. The van der Waals surface area contributed by atoms with Gasteiger partial charge in [-0.15, -0.1) is 11.3 Å². The maximum atomic E-state index is 12.4. The molecule has 0 aliphatic carbocycles. The van der Waals surface area contributed by atoms with Gasteiger partial charge in [-0.25, -0.2) is 0 Å². The van der Waals surface area contributed by atoms with Gasteiger partial charge in [-0.3, -0.25) is 9.48 Å². The van der Waals surface area contributed by atoms with E-state index in [9.17, 15) is 18.0 Å². The Hall–Kier alpha value is -0.670. The molecule has 0 N–H and O–H groups in total. The van der Waals surface area contributed by atoms with Gasteiger partial charge in [-0.2, -0.15) is 18.3 Å². The number of nitrogens with zero attached hydrogens (tertiary/aromatic N) is 2. The Morgan fingerprint density at radius 3 is 2.58 bits per heavy atom. The van der Waals surface area contributed by atoms with Crippen LogP contribution in [-0.2, 0) is 12.7 Å². The number of halogens is 5. The zero-order valence-corrected chi connectivity index (χ0v) is 13.0. The van der Waals surface area contributed by atoms with Gasteiger partial charge in [0, 0.05) is 11.8 Å². The summed E-state index contributed by atoms with van der Waals surface area (Å²) >= 11 is 7.78. The van der Waals surface area contributed by atoms with Crippen LogP contribution in [0.5, 0.6) is 0 Å². The van der Waals surface area contributed by atoms with E-state index in [1.165, 1.54) is 11.3 Å². The fourth-order valence-corrected chi connectivity index (χ4v) is 4.22. The standard InChI is InChI=1S/C10H5Br2F3N2OS/c11-8-3-5(9(12)19-8)6(18)4-17-2-1-7(16-17)10(13,14)15/h1-3H,4H2. The molecule has 0 spiro atoms. The highest BCUT2D eigenvalue weighted by Crippen LogP contribution is 2.32. The van der Waals surface area contributed by atoms with Gasteiger partial charge in [-0.1, -0.05) is 0 Å². The number of carbonyl (C=O) groups excluding carboxylic acids is 1. The molecule has 2 heterocycles. The highest BCUT2D eigenvalue weighted by atomic mass is 79.9. The summed E-state index contributed by atoms with van der Waals surface area (Å²) in [6.45, 7) is -0.238. The summed E-state index contributed by atoms with van der Waals surface area (Å²) in [5, 5.41) is 3.33. The highest BCUT2D eigenvalue weighted by molar-refractivity contribution is 9.12. The molecule has 0 radical (unpaired) electrons. The first-order valence-electron chi connectivity index (χ1n) is 4.86. The SMILES string of the molecule is O=C(Cn1ccc(C(F)(F)F)n1)c1cc(Br)sc1Br. The molecule has 102 valence electrons. The van der Waals surface area contributed by atoms with Crippen LogP contribution in [-0.4, -0.2) is 15.6 Å². The van der Waals surface area contributed by atoms with Gasteiger partial charge >= 0.3 is 6.18 Å². The molecule has 0 amide bonds. The van der Waals surface area contributed by atoms with Gasteiger partial charge < -0.3 is 0 Å². The number of rotatable bonds is 3. The molecule has 19 heavy (non-hydrogen) atoms. The van der Waals surface area contributed by atoms with E-state index in [-0.39, 0.29) is 12.3 Å². The molecule has 0 atom stereocenters. The molecule has 0 aliphatic rings. The Balaban J connectivity index is 2.16. The summed E-state index contributed by atoms with van der Waals surface area (Å²) in [4.78, 5) is 11.9. The Labute approximate surface area is 126 Å². The molecule has 0 saturated carbocycles. The fraction of sp³-hybridized carbons (Fsp3) is 0.200. The summed E-state index contributed by atoms with van der Waals surface area (Å²) in [7, 11) is 0. The Morgan fingerprint density at radius 2 is 2.11 bits per heavy atom. The number of ketones is 1. The lowest BCUT2D eigenvalue weighted by molar-refractivity contribution is -0.141. The van der Waals surface area contributed by atoms with E-state index in [1.807, 2.05) is 0 Å². The van der Waals surface area contributed by atoms with Gasteiger partial charge in [-0.05, 0) is 44.0 Å². The van der Waals surface area contributed by atoms with Gasteiger partial charge in [0.05, 0.1) is 7.57 Å². The molecule has 9 heteroatoms. The maximum absolute atomic E-state index is 12.4. The second-order valence-corrected chi connectivity index (χ2v) is 7.31. The monoisotopic (exact) mass is 416 g/mol. The van der Waals surface area contributed by atoms with Crippen molar-refractivity contribution in [2.45, 2.75) is 12.7 Å². The van der Waals surface area contributed by atoms with Crippen LogP contribution < -0.4 is 0 Å². The van der Waals surface area contributed by atoms with E-state index in [1.54, 1.807) is 6.07 Å². The normalized spacial score (nSPS) is 11.8. The van der Waals surface area contributed by atoms with E-state index in [4.69, 9.17) is 0 Å². The van der Waals surface area contributed by atoms with E-state index in [0.717, 1.165) is 20.7 Å².